The molecule has 1 heterocycles. The SMILES string of the molecule is CCCCN1C(=O)C(=O)/C(=C(/O)c2cc(OCC)ccc2Cl)C1c1cccc(OCC)c1. The zero-order valence-electron chi connectivity index (χ0n) is 18.6. The molecule has 0 radical (unpaired) electrons. The van der Waals surface area contributed by atoms with Gasteiger partial charge in [-0.25, -0.2) is 0 Å². The van der Waals surface area contributed by atoms with Gasteiger partial charge in [-0.05, 0) is 56.2 Å². The zero-order valence-corrected chi connectivity index (χ0v) is 19.3. The van der Waals surface area contributed by atoms with Crippen molar-refractivity contribution in [3.05, 3.63) is 64.2 Å². The van der Waals surface area contributed by atoms with Gasteiger partial charge in [-0.1, -0.05) is 37.1 Å². The van der Waals surface area contributed by atoms with Gasteiger partial charge in [0.15, 0.2) is 0 Å². The molecule has 7 heteroatoms. The van der Waals surface area contributed by atoms with E-state index in [0.29, 0.717) is 36.8 Å². The Morgan fingerprint density at radius 3 is 2.38 bits per heavy atom. The van der Waals surface area contributed by atoms with E-state index in [0.717, 1.165) is 12.8 Å². The molecule has 1 aliphatic rings. The van der Waals surface area contributed by atoms with E-state index in [9.17, 15) is 14.7 Å². The maximum atomic E-state index is 13.1. The van der Waals surface area contributed by atoms with Crippen LogP contribution in [-0.2, 0) is 9.59 Å². The molecule has 32 heavy (non-hydrogen) atoms. The quantitative estimate of drug-likeness (QED) is 0.311. The molecule has 170 valence electrons. The number of benzene rings is 2. The number of unbranched alkanes of at least 4 members (excludes halogenated alkanes) is 1. The Labute approximate surface area is 193 Å². The molecule has 0 aromatic heterocycles. The molecule has 2 aromatic carbocycles. The van der Waals surface area contributed by atoms with Gasteiger partial charge in [0.25, 0.3) is 11.7 Å². The van der Waals surface area contributed by atoms with Crippen LogP contribution in [0.2, 0.25) is 5.02 Å². The molecule has 0 spiro atoms. The number of hydrogen-bond acceptors (Lipinski definition) is 5. The Balaban J connectivity index is 2.19. The number of Topliss-reactive ketones (excluding diaryl/α,β-unsaturated/α-hetero) is 1. The van der Waals surface area contributed by atoms with E-state index in [4.69, 9.17) is 21.1 Å². The van der Waals surface area contributed by atoms with Crippen molar-refractivity contribution in [3.63, 3.8) is 0 Å². The lowest BCUT2D eigenvalue weighted by atomic mass is 9.95. The summed E-state index contributed by atoms with van der Waals surface area (Å²) in [6.07, 6.45) is 1.59. The number of likely N-dealkylation sites (tertiary alicyclic amines) is 1. The van der Waals surface area contributed by atoms with Crippen LogP contribution in [-0.4, -0.2) is 41.5 Å². The number of hydrogen-bond donors (Lipinski definition) is 1. The summed E-state index contributed by atoms with van der Waals surface area (Å²) >= 11 is 6.35. The minimum Gasteiger partial charge on any atom is -0.507 e. The van der Waals surface area contributed by atoms with Crippen LogP contribution in [0.5, 0.6) is 11.5 Å². The summed E-state index contributed by atoms with van der Waals surface area (Å²) in [6.45, 7) is 7.06. The number of ketones is 1. The van der Waals surface area contributed by atoms with Gasteiger partial charge in [0, 0.05) is 12.1 Å². The molecular formula is C25H28ClNO5. The third-order valence-electron chi connectivity index (χ3n) is 5.28. The highest BCUT2D eigenvalue weighted by molar-refractivity contribution is 6.47. The lowest BCUT2D eigenvalue weighted by Crippen LogP contribution is -2.30. The average Bonchev–Trinajstić information content (AvgIpc) is 3.04. The minimum absolute atomic E-state index is 0.00954. The number of nitrogens with zero attached hydrogens (tertiary/aromatic N) is 1. The summed E-state index contributed by atoms with van der Waals surface area (Å²) < 4.78 is 11.1. The van der Waals surface area contributed by atoms with Gasteiger partial charge in [-0.15, -0.1) is 0 Å². The standard InChI is InChI=1S/C25H28ClNO5/c1-4-7-13-27-22(16-9-8-10-17(14-16)31-5-2)21(24(29)25(27)30)23(28)19-15-18(32-6-3)11-12-20(19)26/h8-12,14-15,22,28H,4-7,13H2,1-3H3/b23-21+. The van der Waals surface area contributed by atoms with Crippen molar-refractivity contribution in [2.24, 2.45) is 0 Å². The van der Waals surface area contributed by atoms with Crippen LogP contribution in [0.4, 0.5) is 0 Å². The first-order valence-electron chi connectivity index (χ1n) is 10.9. The summed E-state index contributed by atoms with van der Waals surface area (Å²) in [4.78, 5) is 27.6. The maximum Gasteiger partial charge on any atom is 0.295 e. The molecule has 1 saturated heterocycles. The first kappa shape index (κ1) is 23.7. The number of rotatable bonds is 9. The number of carbonyl (C=O) groups is 2. The van der Waals surface area contributed by atoms with E-state index in [2.05, 4.69) is 0 Å². The van der Waals surface area contributed by atoms with Crippen LogP contribution >= 0.6 is 11.6 Å². The van der Waals surface area contributed by atoms with Crippen LogP contribution in [0.25, 0.3) is 5.76 Å². The van der Waals surface area contributed by atoms with Crippen LogP contribution in [0.3, 0.4) is 0 Å². The number of ether oxygens (including phenoxy) is 2. The van der Waals surface area contributed by atoms with Gasteiger partial charge in [-0.2, -0.15) is 0 Å². The molecule has 6 nitrogen and oxygen atoms in total. The van der Waals surface area contributed by atoms with E-state index in [1.165, 1.54) is 4.90 Å². The predicted molar refractivity (Wildman–Crippen MR) is 124 cm³/mol. The zero-order chi connectivity index (χ0) is 23.3. The molecule has 1 N–H and O–H groups in total. The van der Waals surface area contributed by atoms with Gasteiger partial charge in [0.2, 0.25) is 0 Å². The Hall–Kier alpha value is -2.99. The summed E-state index contributed by atoms with van der Waals surface area (Å²) in [5.74, 6) is -0.552. The van der Waals surface area contributed by atoms with Crippen molar-refractivity contribution < 1.29 is 24.2 Å². The van der Waals surface area contributed by atoms with E-state index in [1.807, 2.05) is 39.0 Å². The van der Waals surface area contributed by atoms with E-state index >= 15 is 0 Å². The van der Waals surface area contributed by atoms with Gasteiger partial charge in [0.1, 0.15) is 17.3 Å². The number of halogens is 1. The molecule has 1 unspecified atom stereocenters. The third-order valence-corrected chi connectivity index (χ3v) is 5.61. The fourth-order valence-corrected chi connectivity index (χ4v) is 4.02. The summed E-state index contributed by atoms with van der Waals surface area (Å²) in [5, 5.41) is 11.5. The van der Waals surface area contributed by atoms with E-state index in [1.54, 1.807) is 24.3 Å². The Morgan fingerprint density at radius 1 is 1.03 bits per heavy atom. The van der Waals surface area contributed by atoms with Crippen molar-refractivity contribution in [1.29, 1.82) is 0 Å². The number of amides is 1. The first-order valence-corrected chi connectivity index (χ1v) is 11.2. The van der Waals surface area contributed by atoms with Gasteiger partial charge >= 0.3 is 0 Å². The first-order chi connectivity index (χ1) is 15.4. The Bertz CT molecular complexity index is 1030. The molecule has 1 amide bonds. The van der Waals surface area contributed by atoms with E-state index < -0.39 is 17.7 Å². The molecule has 1 aliphatic heterocycles. The van der Waals surface area contributed by atoms with Crippen molar-refractivity contribution in [2.45, 2.75) is 39.7 Å². The van der Waals surface area contributed by atoms with Crippen LogP contribution < -0.4 is 9.47 Å². The topological polar surface area (TPSA) is 76.1 Å². The Morgan fingerprint density at radius 2 is 1.72 bits per heavy atom. The van der Waals surface area contributed by atoms with Gasteiger partial charge < -0.3 is 19.5 Å². The molecule has 3 rings (SSSR count). The number of aliphatic hydroxyl groups excluding tert-OH is 1. The summed E-state index contributed by atoms with van der Waals surface area (Å²) in [7, 11) is 0. The highest BCUT2D eigenvalue weighted by Gasteiger charge is 2.46. The smallest absolute Gasteiger partial charge is 0.295 e. The van der Waals surface area contributed by atoms with Crippen molar-refractivity contribution in [1.82, 2.24) is 4.90 Å². The molecule has 1 atom stereocenters. The second-order valence-corrected chi connectivity index (χ2v) is 7.83. The average molecular weight is 458 g/mol. The summed E-state index contributed by atoms with van der Waals surface area (Å²) in [5.41, 5.74) is 0.942. The lowest BCUT2D eigenvalue weighted by Gasteiger charge is -2.25. The molecule has 0 aliphatic carbocycles. The summed E-state index contributed by atoms with van der Waals surface area (Å²) in [6, 6.07) is 11.4. The number of aliphatic hydroxyl groups is 1. The van der Waals surface area contributed by atoms with Crippen molar-refractivity contribution in [3.8, 4) is 11.5 Å². The van der Waals surface area contributed by atoms with Crippen LogP contribution in [0.1, 0.15) is 50.8 Å². The van der Waals surface area contributed by atoms with Crippen LogP contribution in [0.15, 0.2) is 48.0 Å². The third kappa shape index (κ3) is 4.75. The highest BCUT2D eigenvalue weighted by atomic mass is 35.5. The monoisotopic (exact) mass is 457 g/mol. The van der Waals surface area contributed by atoms with Crippen LogP contribution in [0, 0.1) is 0 Å². The van der Waals surface area contributed by atoms with Gasteiger partial charge in [-0.3, -0.25) is 9.59 Å². The van der Waals surface area contributed by atoms with Crippen molar-refractivity contribution in [2.75, 3.05) is 19.8 Å². The largest absolute Gasteiger partial charge is 0.507 e. The molecule has 0 bridgehead atoms. The predicted octanol–water partition coefficient (Wildman–Crippen LogP) is 5.36. The molecule has 0 saturated carbocycles. The number of carbonyl (C=O) groups excluding carboxylic acids is 2. The molecule has 1 fully saturated rings. The maximum absolute atomic E-state index is 13.1. The second-order valence-electron chi connectivity index (χ2n) is 7.43. The molecule has 2 aromatic rings. The second kappa shape index (κ2) is 10.6. The van der Waals surface area contributed by atoms with E-state index in [-0.39, 0.29) is 21.9 Å². The minimum atomic E-state index is -0.742. The fourth-order valence-electron chi connectivity index (χ4n) is 3.81. The molecular weight excluding hydrogens is 430 g/mol. The van der Waals surface area contributed by atoms with Crippen molar-refractivity contribution >= 4 is 29.1 Å². The highest BCUT2D eigenvalue weighted by Crippen LogP contribution is 2.41. The lowest BCUT2D eigenvalue weighted by molar-refractivity contribution is -0.139. The normalized spacial score (nSPS) is 17.6. The Kier molecular flexibility index (Phi) is 7.80. The fraction of sp³-hybridized carbons (Fsp3) is 0.360. The van der Waals surface area contributed by atoms with Gasteiger partial charge in [0.05, 0.1) is 29.9 Å².